The lowest BCUT2D eigenvalue weighted by atomic mass is 10.1. The molecule has 7 heteroatoms. The highest BCUT2D eigenvalue weighted by molar-refractivity contribution is 6.33. The molecule has 0 saturated heterocycles. The van der Waals surface area contributed by atoms with Gasteiger partial charge >= 0.3 is 0 Å². The predicted molar refractivity (Wildman–Crippen MR) is 132 cm³/mol. The van der Waals surface area contributed by atoms with Crippen molar-refractivity contribution in [1.82, 2.24) is 4.98 Å². The summed E-state index contributed by atoms with van der Waals surface area (Å²) >= 11 is 10.9. The van der Waals surface area contributed by atoms with Crippen LogP contribution in [-0.2, 0) is 0 Å². The number of carbonyl (C=O) groups is 1. The van der Waals surface area contributed by atoms with Crippen LogP contribution >= 0.6 is 23.2 Å². The topological polar surface area (TPSA) is 64.4 Å². The number of nitrogens with zero attached hydrogens (tertiary/aromatic N) is 1. The monoisotopic (exact) mass is 466 g/mol. The summed E-state index contributed by atoms with van der Waals surface area (Å²) in [6.07, 6.45) is 3.01. The molecule has 1 aromatic heterocycles. The van der Waals surface area contributed by atoms with Crippen LogP contribution in [0.25, 0.3) is 11.3 Å². The van der Waals surface area contributed by atoms with Gasteiger partial charge in [0.1, 0.15) is 17.7 Å². The van der Waals surface area contributed by atoms with Crippen LogP contribution in [0.5, 0.6) is 5.75 Å². The molecule has 0 radical (unpaired) electrons. The quantitative estimate of drug-likeness (QED) is 0.398. The molecule has 2 aromatic carbocycles. The maximum Gasteiger partial charge on any atom is 0.255 e. The molecule has 31 heavy (non-hydrogen) atoms. The number of hydrogen-bond donors (Lipinski definition) is 1. The number of carbonyl (C=O) groups excluding carboxylic acids is 1. The minimum absolute atomic E-state index is 0.204. The number of hydrogen-bond acceptors (Lipinski definition) is 4. The lowest BCUT2D eigenvalue weighted by molar-refractivity contribution is 0.102. The molecule has 0 atom stereocenters. The first-order valence-corrected chi connectivity index (χ1v) is 11.2. The third-order valence-electron chi connectivity index (χ3n) is 3.80. The summed E-state index contributed by atoms with van der Waals surface area (Å²) in [5, 5.41) is 3.42. The Bertz CT molecular complexity index is 940. The van der Waals surface area contributed by atoms with Crippen molar-refractivity contribution in [3.63, 3.8) is 0 Å². The average Bonchev–Trinajstić information content (AvgIpc) is 3.25. The van der Waals surface area contributed by atoms with Gasteiger partial charge in [-0.2, -0.15) is 0 Å². The van der Waals surface area contributed by atoms with Gasteiger partial charge in [-0.1, -0.05) is 39.3 Å². The SMILES string of the molecule is CC.CC.CCl.COc1ccc(C(=O)Nc2ccc(Cl)c(-c3coc(C)n3)c2)c(C)c1. The van der Waals surface area contributed by atoms with Gasteiger partial charge in [-0.15, -0.1) is 11.6 Å². The van der Waals surface area contributed by atoms with Crippen LogP contribution in [0.3, 0.4) is 0 Å². The zero-order valence-corrected chi connectivity index (χ0v) is 21.0. The number of amides is 1. The van der Waals surface area contributed by atoms with Crippen LogP contribution in [0, 0.1) is 13.8 Å². The second-order valence-electron chi connectivity index (χ2n) is 5.58. The van der Waals surface area contributed by atoms with E-state index in [-0.39, 0.29) is 5.91 Å². The molecule has 0 saturated carbocycles. The summed E-state index contributed by atoms with van der Waals surface area (Å²) in [4.78, 5) is 16.8. The first-order valence-electron chi connectivity index (χ1n) is 10.0. The fourth-order valence-electron chi connectivity index (χ4n) is 2.50. The number of aromatic nitrogens is 1. The van der Waals surface area contributed by atoms with Crippen molar-refractivity contribution in [1.29, 1.82) is 0 Å². The van der Waals surface area contributed by atoms with E-state index in [2.05, 4.69) is 21.9 Å². The minimum Gasteiger partial charge on any atom is -0.497 e. The molecule has 3 aromatic rings. The number of halogens is 2. The van der Waals surface area contributed by atoms with Gasteiger partial charge in [-0.05, 0) is 48.9 Å². The van der Waals surface area contributed by atoms with Crippen LogP contribution in [0.1, 0.15) is 49.5 Å². The van der Waals surface area contributed by atoms with Gasteiger partial charge in [0.15, 0.2) is 5.89 Å². The van der Waals surface area contributed by atoms with E-state index in [1.54, 1.807) is 44.4 Å². The first-order chi connectivity index (χ1) is 15.0. The zero-order chi connectivity index (χ0) is 24.0. The molecule has 1 N–H and O–H groups in total. The van der Waals surface area contributed by atoms with E-state index < -0.39 is 0 Å². The van der Waals surface area contributed by atoms with E-state index >= 15 is 0 Å². The molecule has 5 nitrogen and oxygen atoms in total. The lowest BCUT2D eigenvalue weighted by Crippen LogP contribution is -2.13. The van der Waals surface area contributed by atoms with Gasteiger partial charge in [0.2, 0.25) is 0 Å². The van der Waals surface area contributed by atoms with Gasteiger partial charge in [0.25, 0.3) is 5.91 Å². The molecule has 1 amide bonds. The highest BCUT2D eigenvalue weighted by Gasteiger charge is 2.13. The van der Waals surface area contributed by atoms with Gasteiger partial charge in [0, 0.05) is 30.1 Å². The number of alkyl halides is 1. The number of aryl methyl sites for hydroxylation is 2. The molecule has 0 aliphatic carbocycles. The first kappa shape index (κ1) is 28.5. The maximum atomic E-state index is 12.6. The Kier molecular flexibility index (Phi) is 14.1. The van der Waals surface area contributed by atoms with E-state index in [4.69, 9.17) is 20.8 Å². The largest absolute Gasteiger partial charge is 0.497 e. The average molecular weight is 467 g/mol. The molecule has 0 aliphatic rings. The highest BCUT2D eigenvalue weighted by atomic mass is 35.5. The second kappa shape index (κ2) is 15.3. The molecule has 0 aliphatic heterocycles. The Hall–Kier alpha value is -2.50. The van der Waals surface area contributed by atoms with Gasteiger partial charge in [0.05, 0.1) is 12.1 Å². The van der Waals surface area contributed by atoms with Gasteiger partial charge in [-0.3, -0.25) is 4.79 Å². The van der Waals surface area contributed by atoms with E-state index in [0.29, 0.717) is 39.2 Å². The Morgan fingerprint density at radius 3 is 2.19 bits per heavy atom. The Labute approximate surface area is 195 Å². The number of anilines is 1. The van der Waals surface area contributed by atoms with Gasteiger partial charge < -0.3 is 14.5 Å². The maximum absolute atomic E-state index is 12.6. The second-order valence-corrected chi connectivity index (χ2v) is 5.99. The summed E-state index contributed by atoms with van der Waals surface area (Å²) in [6, 6.07) is 10.6. The number of nitrogens with one attached hydrogen (secondary N) is 1. The Morgan fingerprint density at radius 2 is 1.68 bits per heavy atom. The molecular formula is C24H32Cl2N2O3. The van der Waals surface area contributed by atoms with Crippen LogP contribution in [-0.4, -0.2) is 24.4 Å². The Morgan fingerprint density at radius 1 is 1.03 bits per heavy atom. The molecule has 0 spiro atoms. The van der Waals surface area contributed by atoms with E-state index in [1.165, 1.54) is 12.6 Å². The van der Waals surface area contributed by atoms with Crippen LogP contribution in [0.4, 0.5) is 5.69 Å². The van der Waals surface area contributed by atoms with Crippen molar-refractivity contribution in [2.24, 2.45) is 0 Å². The van der Waals surface area contributed by atoms with Crippen molar-refractivity contribution >= 4 is 34.8 Å². The number of oxazole rings is 1. The minimum atomic E-state index is -0.204. The third kappa shape index (κ3) is 8.27. The molecule has 0 bridgehead atoms. The number of ether oxygens (including phenoxy) is 1. The summed E-state index contributed by atoms with van der Waals surface area (Å²) < 4.78 is 10.4. The summed E-state index contributed by atoms with van der Waals surface area (Å²) in [5.74, 6) is 1.06. The van der Waals surface area contributed by atoms with Crippen molar-refractivity contribution in [3.8, 4) is 17.0 Å². The van der Waals surface area contributed by atoms with Crippen molar-refractivity contribution in [3.05, 3.63) is 64.7 Å². The van der Waals surface area contributed by atoms with E-state index in [0.717, 1.165) is 5.56 Å². The van der Waals surface area contributed by atoms with Crippen molar-refractivity contribution in [2.45, 2.75) is 41.5 Å². The number of rotatable bonds is 4. The third-order valence-corrected chi connectivity index (χ3v) is 4.13. The van der Waals surface area contributed by atoms with Gasteiger partial charge in [-0.25, -0.2) is 4.98 Å². The van der Waals surface area contributed by atoms with E-state index in [9.17, 15) is 4.79 Å². The standard InChI is InChI=1S/C19H17ClN2O3.2C2H6.CH3Cl/c1-11-8-14(24-3)5-6-15(11)19(23)22-13-4-7-17(20)16(9-13)18-10-25-12(2)21-18;3*1-2/h4-10H,1-3H3,(H,22,23);2*1-2H3;1H3. The highest BCUT2D eigenvalue weighted by Crippen LogP contribution is 2.30. The van der Waals surface area contributed by atoms with Crippen LogP contribution < -0.4 is 10.1 Å². The normalized spacial score (nSPS) is 9.10. The molecule has 1 heterocycles. The number of benzene rings is 2. The van der Waals surface area contributed by atoms with E-state index in [1.807, 2.05) is 40.7 Å². The van der Waals surface area contributed by atoms with Crippen LogP contribution in [0.2, 0.25) is 5.02 Å². The predicted octanol–water partition coefficient (Wildman–Crippen LogP) is 7.78. The smallest absolute Gasteiger partial charge is 0.255 e. The van der Waals surface area contributed by atoms with Crippen molar-refractivity contribution in [2.75, 3.05) is 18.8 Å². The van der Waals surface area contributed by atoms with Crippen molar-refractivity contribution < 1.29 is 13.9 Å². The summed E-state index contributed by atoms with van der Waals surface area (Å²) in [5.41, 5.74) is 3.36. The van der Waals surface area contributed by atoms with Crippen LogP contribution in [0.15, 0.2) is 47.1 Å². The summed E-state index contributed by atoms with van der Waals surface area (Å²) in [7, 11) is 1.59. The molecule has 0 fully saturated rings. The lowest BCUT2D eigenvalue weighted by Gasteiger charge is -2.10. The molecule has 3 rings (SSSR count). The number of methoxy groups -OCH3 is 1. The zero-order valence-electron chi connectivity index (χ0n) is 19.5. The fourth-order valence-corrected chi connectivity index (χ4v) is 2.72. The molecule has 0 unspecified atom stereocenters. The molecular weight excluding hydrogens is 435 g/mol. The molecule has 170 valence electrons. The summed E-state index contributed by atoms with van der Waals surface area (Å²) in [6.45, 7) is 11.6. The fraction of sp³-hybridized carbons (Fsp3) is 0.333. The Balaban J connectivity index is 0.00000138.